The minimum atomic E-state index is -0.208. The molecule has 1 saturated carbocycles. The molecule has 132 valence electrons. The van der Waals surface area contributed by atoms with Gasteiger partial charge in [-0.15, -0.1) is 0 Å². The van der Waals surface area contributed by atoms with E-state index in [1.54, 1.807) is 6.07 Å². The van der Waals surface area contributed by atoms with Crippen LogP contribution in [0.2, 0.25) is 0 Å². The lowest BCUT2D eigenvalue weighted by atomic mass is 10.1. The number of nitrogens with one attached hydrogen (secondary N) is 2. The Kier molecular flexibility index (Phi) is 5.64. The smallest absolute Gasteiger partial charge is 0.274 e. The molecule has 25 heavy (non-hydrogen) atoms. The van der Waals surface area contributed by atoms with Gasteiger partial charge < -0.3 is 10.6 Å². The van der Waals surface area contributed by atoms with Crippen LogP contribution in [0.25, 0.3) is 0 Å². The molecule has 5 nitrogen and oxygen atoms in total. The maximum Gasteiger partial charge on any atom is 0.274 e. The van der Waals surface area contributed by atoms with E-state index >= 15 is 0 Å². The van der Waals surface area contributed by atoms with Crippen molar-refractivity contribution in [2.75, 3.05) is 10.6 Å². The highest BCUT2D eigenvalue weighted by atomic mass is 16.1. The maximum absolute atomic E-state index is 12.5. The number of hydrogen-bond donors (Lipinski definition) is 2. The summed E-state index contributed by atoms with van der Waals surface area (Å²) in [6, 6.07) is 9.87. The van der Waals surface area contributed by atoms with Crippen molar-refractivity contribution in [2.45, 2.75) is 58.4 Å². The fourth-order valence-electron chi connectivity index (χ4n) is 3.27. The van der Waals surface area contributed by atoms with Crippen molar-refractivity contribution in [2.24, 2.45) is 0 Å². The first-order valence-corrected chi connectivity index (χ1v) is 9.10. The van der Waals surface area contributed by atoms with Crippen LogP contribution < -0.4 is 10.6 Å². The molecule has 1 aromatic carbocycles. The van der Waals surface area contributed by atoms with Crippen molar-refractivity contribution in [1.82, 2.24) is 9.97 Å². The summed E-state index contributed by atoms with van der Waals surface area (Å²) < 4.78 is 0. The molecule has 0 atom stereocenters. The van der Waals surface area contributed by atoms with Gasteiger partial charge in [-0.25, -0.2) is 9.97 Å². The van der Waals surface area contributed by atoms with Gasteiger partial charge in [0.1, 0.15) is 5.69 Å². The molecule has 0 saturated heterocycles. The third-order valence-corrected chi connectivity index (χ3v) is 4.55. The summed E-state index contributed by atoms with van der Waals surface area (Å²) in [4.78, 5) is 21.5. The van der Waals surface area contributed by atoms with Gasteiger partial charge in [0.25, 0.3) is 5.91 Å². The first-order chi connectivity index (χ1) is 12.1. The van der Waals surface area contributed by atoms with E-state index in [9.17, 15) is 4.79 Å². The number of aryl methyl sites for hydroxylation is 2. The Morgan fingerprint density at radius 3 is 2.52 bits per heavy atom. The van der Waals surface area contributed by atoms with Crippen LogP contribution in [0, 0.1) is 13.8 Å². The van der Waals surface area contributed by atoms with Crippen molar-refractivity contribution >= 4 is 17.5 Å². The normalized spacial score (nSPS) is 15.4. The molecular weight excluding hydrogens is 312 g/mol. The van der Waals surface area contributed by atoms with E-state index in [1.807, 2.05) is 38.1 Å². The van der Waals surface area contributed by atoms with Crippen LogP contribution in [-0.2, 0) is 0 Å². The Hall–Kier alpha value is -2.43. The van der Waals surface area contributed by atoms with E-state index in [0.29, 0.717) is 17.7 Å². The molecule has 1 fully saturated rings. The molecule has 0 unspecified atom stereocenters. The van der Waals surface area contributed by atoms with Crippen molar-refractivity contribution in [3.63, 3.8) is 0 Å². The van der Waals surface area contributed by atoms with Crippen LogP contribution >= 0.6 is 0 Å². The zero-order valence-electron chi connectivity index (χ0n) is 15.0. The van der Waals surface area contributed by atoms with Crippen LogP contribution in [0.3, 0.4) is 0 Å². The van der Waals surface area contributed by atoms with Gasteiger partial charge in [0.05, 0.1) is 0 Å². The van der Waals surface area contributed by atoms with E-state index in [0.717, 1.165) is 29.8 Å². The van der Waals surface area contributed by atoms with Crippen LogP contribution in [-0.4, -0.2) is 21.9 Å². The Labute approximate surface area is 149 Å². The van der Waals surface area contributed by atoms with Gasteiger partial charge >= 0.3 is 0 Å². The number of nitrogens with zero attached hydrogens (tertiary/aromatic N) is 2. The van der Waals surface area contributed by atoms with Crippen molar-refractivity contribution in [3.8, 4) is 0 Å². The second-order valence-corrected chi connectivity index (χ2v) is 6.87. The van der Waals surface area contributed by atoms with Crippen molar-refractivity contribution in [3.05, 3.63) is 47.3 Å². The number of hydrogen-bond acceptors (Lipinski definition) is 4. The van der Waals surface area contributed by atoms with E-state index in [1.165, 1.54) is 25.7 Å². The van der Waals surface area contributed by atoms with Gasteiger partial charge in [-0.2, -0.15) is 0 Å². The number of carbonyl (C=O) groups is 1. The molecule has 0 aliphatic heterocycles. The van der Waals surface area contributed by atoms with Crippen LogP contribution in [0.4, 0.5) is 11.6 Å². The topological polar surface area (TPSA) is 66.9 Å². The number of amides is 1. The molecule has 1 aliphatic rings. The van der Waals surface area contributed by atoms with E-state index in [4.69, 9.17) is 0 Å². The van der Waals surface area contributed by atoms with Gasteiger partial charge in [-0.3, -0.25) is 4.79 Å². The molecule has 1 aliphatic carbocycles. The molecule has 2 N–H and O–H groups in total. The molecule has 0 spiro atoms. The Balaban J connectivity index is 1.72. The van der Waals surface area contributed by atoms with E-state index in [2.05, 4.69) is 20.6 Å². The zero-order valence-corrected chi connectivity index (χ0v) is 15.0. The lowest BCUT2D eigenvalue weighted by Crippen LogP contribution is -2.22. The molecule has 1 aromatic heterocycles. The summed E-state index contributed by atoms with van der Waals surface area (Å²) in [5, 5.41) is 6.34. The summed E-state index contributed by atoms with van der Waals surface area (Å²) >= 11 is 0. The van der Waals surface area contributed by atoms with Gasteiger partial charge in [0.15, 0.2) is 0 Å². The monoisotopic (exact) mass is 338 g/mol. The maximum atomic E-state index is 12.5. The summed E-state index contributed by atoms with van der Waals surface area (Å²) in [5.74, 6) is 0.348. The predicted molar refractivity (Wildman–Crippen MR) is 101 cm³/mol. The largest absolute Gasteiger partial charge is 0.351 e. The first-order valence-electron chi connectivity index (χ1n) is 9.10. The second-order valence-electron chi connectivity index (χ2n) is 6.87. The lowest BCUT2D eigenvalue weighted by molar-refractivity contribution is 0.102. The Morgan fingerprint density at radius 2 is 1.80 bits per heavy atom. The standard InChI is InChI=1S/C20H26N4O/c1-14-8-7-11-17(12-14)22-19(25)18-13-15(2)21-20(24-18)23-16-9-5-3-4-6-10-16/h7-8,11-13,16H,3-6,9-10H2,1-2H3,(H,22,25)(H,21,23,24). The highest BCUT2D eigenvalue weighted by molar-refractivity contribution is 6.03. The SMILES string of the molecule is Cc1cccc(NC(=O)c2cc(C)nc(NC3CCCCCC3)n2)c1. The highest BCUT2D eigenvalue weighted by Gasteiger charge is 2.16. The van der Waals surface area contributed by atoms with Gasteiger partial charge in [-0.1, -0.05) is 37.8 Å². The summed E-state index contributed by atoms with van der Waals surface area (Å²) in [6.45, 7) is 3.89. The number of aromatic nitrogens is 2. The number of carbonyl (C=O) groups excluding carboxylic acids is 1. The summed E-state index contributed by atoms with van der Waals surface area (Å²) in [6.07, 6.45) is 7.37. The fraction of sp³-hybridized carbons (Fsp3) is 0.450. The molecule has 1 amide bonds. The second kappa shape index (κ2) is 8.10. The third-order valence-electron chi connectivity index (χ3n) is 4.55. The van der Waals surface area contributed by atoms with Crippen LogP contribution in [0.15, 0.2) is 30.3 Å². The molecule has 3 rings (SSSR count). The number of anilines is 2. The van der Waals surface area contributed by atoms with Gasteiger partial charge in [0.2, 0.25) is 5.95 Å². The number of rotatable bonds is 4. The number of benzene rings is 1. The van der Waals surface area contributed by atoms with Gasteiger partial charge in [-0.05, 0) is 50.5 Å². The Bertz CT molecular complexity index is 736. The predicted octanol–water partition coefficient (Wildman–Crippen LogP) is 4.48. The first kappa shape index (κ1) is 17.4. The van der Waals surface area contributed by atoms with E-state index in [-0.39, 0.29) is 5.91 Å². The van der Waals surface area contributed by atoms with E-state index < -0.39 is 0 Å². The van der Waals surface area contributed by atoms with Gasteiger partial charge in [0, 0.05) is 17.4 Å². The molecule has 2 aromatic rings. The highest BCUT2D eigenvalue weighted by Crippen LogP contribution is 2.20. The zero-order chi connectivity index (χ0) is 17.6. The molecular formula is C20H26N4O. The van der Waals surface area contributed by atoms with Crippen molar-refractivity contribution in [1.29, 1.82) is 0 Å². The molecule has 1 heterocycles. The fourth-order valence-corrected chi connectivity index (χ4v) is 3.27. The van der Waals surface area contributed by atoms with Crippen LogP contribution in [0.5, 0.6) is 0 Å². The lowest BCUT2D eigenvalue weighted by Gasteiger charge is -2.17. The Morgan fingerprint density at radius 1 is 1.04 bits per heavy atom. The minimum absolute atomic E-state index is 0.208. The molecule has 0 bridgehead atoms. The average Bonchev–Trinajstić information content (AvgIpc) is 2.83. The summed E-state index contributed by atoms with van der Waals surface area (Å²) in [7, 11) is 0. The molecule has 0 radical (unpaired) electrons. The van der Waals surface area contributed by atoms with Crippen molar-refractivity contribution < 1.29 is 4.79 Å². The quantitative estimate of drug-likeness (QED) is 0.807. The average molecular weight is 338 g/mol. The summed E-state index contributed by atoms with van der Waals surface area (Å²) in [5.41, 5.74) is 3.07. The minimum Gasteiger partial charge on any atom is -0.351 e. The van der Waals surface area contributed by atoms with Crippen LogP contribution in [0.1, 0.15) is 60.3 Å². The third kappa shape index (κ3) is 5.02. The molecule has 5 heteroatoms.